The smallest absolute Gasteiger partial charge is 0.193 e. The van der Waals surface area contributed by atoms with E-state index in [2.05, 4.69) is 45.2 Å². The second-order valence-corrected chi connectivity index (χ2v) is 7.74. The molecule has 0 atom stereocenters. The van der Waals surface area contributed by atoms with Crippen molar-refractivity contribution in [2.45, 2.75) is 0 Å². The molecular formula is C20H12I2O2. The third-order valence-electron chi connectivity index (χ3n) is 3.62. The molecular weight excluding hydrogens is 526 g/mol. The van der Waals surface area contributed by atoms with Gasteiger partial charge >= 0.3 is 0 Å². The second-order valence-electron chi connectivity index (χ2n) is 5.25. The van der Waals surface area contributed by atoms with Gasteiger partial charge in [0.05, 0.1) is 0 Å². The van der Waals surface area contributed by atoms with Gasteiger partial charge in [-0.15, -0.1) is 0 Å². The quantitative estimate of drug-likeness (QED) is 0.332. The molecule has 0 N–H and O–H groups in total. The number of benzene rings is 3. The van der Waals surface area contributed by atoms with Crippen molar-refractivity contribution in [2.75, 3.05) is 0 Å². The van der Waals surface area contributed by atoms with Crippen LogP contribution in [0, 0.1) is 7.14 Å². The van der Waals surface area contributed by atoms with Gasteiger partial charge in [0, 0.05) is 29.4 Å². The fraction of sp³-hybridized carbons (Fsp3) is 0. The van der Waals surface area contributed by atoms with Crippen molar-refractivity contribution in [2.24, 2.45) is 0 Å². The Balaban J connectivity index is 1.82. The van der Waals surface area contributed by atoms with Crippen LogP contribution in [-0.2, 0) is 0 Å². The largest absolute Gasteiger partial charge is 0.289 e. The number of hydrogen-bond acceptors (Lipinski definition) is 2. The van der Waals surface area contributed by atoms with Crippen molar-refractivity contribution in [3.05, 3.63) is 102 Å². The van der Waals surface area contributed by atoms with Gasteiger partial charge in [-0.25, -0.2) is 0 Å². The van der Waals surface area contributed by atoms with Gasteiger partial charge in [-0.1, -0.05) is 24.3 Å². The van der Waals surface area contributed by atoms with E-state index in [1.807, 2.05) is 48.5 Å². The molecule has 0 aliphatic carbocycles. The molecule has 2 nitrogen and oxygen atoms in total. The van der Waals surface area contributed by atoms with Crippen LogP contribution in [0.3, 0.4) is 0 Å². The van der Waals surface area contributed by atoms with E-state index >= 15 is 0 Å². The summed E-state index contributed by atoms with van der Waals surface area (Å²) in [6, 6.07) is 21.7. The summed E-state index contributed by atoms with van der Waals surface area (Å²) in [4.78, 5) is 24.9. The molecule has 0 aliphatic heterocycles. The van der Waals surface area contributed by atoms with E-state index < -0.39 is 0 Å². The van der Waals surface area contributed by atoms with Crippen LogP contribution >= 0.6 is 45.2 Å². The Hall–Kier alpha value is -1.54. The summed E-state index contributed by atoms with van der Waals surface area (Å²) in [5, 5.41) is 0. The summed E-state index contributed by atoms with van der Waals surface area (Å²) in [7, 11) is 0. The lowest BCUT2D eigenvalue weighted by Crippen LogP contribution is -2.04. The van der Waals surface area contributed by atoms with E-state index in [1.165, 1.54) is 0 Å². The van der Waals surface area contributed by atoms with E-state index in [-0.39, 0.29) is 11.6 Å². The van der Waals surface area contributed by atoms with Gasteiger partial charge in [0.15, 0.2) is 11.6 Å². The summed E-state index contributed by atoms with van der Waals surface area (Å²) in [6.45, 7) is 0. The molecule has 118 valence electrons. The number of carbonyl (C=O) groups excluding carboxylic acids is 2. The summed E-state index contributed by atoms with van der Waals surface area (Å²) < 4.78 is 2.17. The van der Waals surface area contributed by atoms with Crippen molar-refractivity contribution in [3.8, 4) is 0 Å². The Morgan fingerprint density at radius 1 is 0.458 bits per heavy atom. The summed E-state index contributed by atoms with van der Waals surface area (Å²) in [5.41, 5.74) is 2.45. The number of hydrogen-bond donors (Lipinski definition) is 0. The van der Waals surface area contributed by atoms with Gasteiger partial charge in [-0.2, -0.15) is 0 Å². The third-order valence-corrected chi connectivity index (χ3v) is 5.06. The molecule has 0 amide bonds. The van der Waals surface area contributed by atoms with Gasteiger partial charge in [0.25, 0.3) is 0 Å². The first kappa shape index (κ1) is 17.3. The lowest BCUT2D eigenvalue weighted by Gasteiger charge is -2.04. The predicted octanol–water partition coefficient (Wildman–Crippen LogP) is 5.36. The van der Waals surface area contributed by atoms with E-state index in [9.17, 15) is 9.59 Å². The molecule has 0 unspecified atom stereocenters. The zero-order chi connectivity index (χ0) is 17.1. The topological polar surface area (TPSA) is 34.1 Å². The van der Waals surface area contributed by atoms with Crippen molar-refractivity contribution >= 4 is 56.7 Å². The third kappa shape index (κ3) is 3.92. The lowest BCUT2D eigenvalue weighted by molar-refractivity contribution is 0.102. The first-order valence-corrected chi connectivity index (χ1v) is 9.41. The average molecular weight is 538 g/mol. The Kier molecular flexibility index (Phi) is 5.45. The molecule has 0 bridgehead atoms. The average Bonchev–Trinajstić information content (AvgIpc) is 2.62. The Bertz CT molecular complexity index is 804. The highest BCUT2D eigenvalue weighted by molar-refractivity contribution is 14.1. The molecule has 24 heavy (non-hydrogen) atoms. The number of ketones is 2. The Morgan fingerprint density at radius 3 is 0.917 bits per heavy atom. The van der Waals surface area contributed by atoms with Crippen LogP contribution in [0.1, 0.15) is 31.8 Å². The van der Waals surface area contributed by atoms with Crippen molar-refractivity contribution in [3.63, 3.8) is 0 Å². The maximum absolute atomic E-state index is 12.5. The van der Waals surface area contributed by atoms with Gasteiger partial charge in [0.1, 0.15) is 0 Å². The van der Waals surface area contributed by atoms with Crippen LogP contribution in [0.2, 0.25) is 0 Å². The molecule has 4 heteroatoms. The SMILES string of the molecule is O=C(c1ccc(I)cc1)c1ccc(C(=O)c2ccc(I)cc2)cc1. The fourth-order valence-electron chi connectivity index (χ4n) is 2.31. The van der Waals surface area contributed by atoms with Gasteiger partial charge in [0.2, 0.25) is 0 Å². The molecule has 0 aromatic heterocycles. The first-order valence-electron chi connectivity index (χ1n) is 7.25. The normalized spacial score (nSPS) is 10.4. The van der Waals surface area contributed by atoms with E-state index in [0.29, 0.717) is 22.3 Å². The van der Waals surface area contributed by atoms with Crippen molar-refractivity contribution in [1.29, 1.82) is 0 Å². The molecule has 0 saturated heterocycles. The van der Waals surface area contributed by atoms with Crippen LogP contribution in [0.5, 0.6) is 0 Å². The van der Waals surface area contributed by atoms with Gasteiger partial charge in [-0.05, 0) is 93.7 Å². The number of rotatable bonds is 4. The van der Waals surface area contributed by atoms with Crippen LogP contribution in [0.15, 0.2) is 72.8 Å². The van der Waals surface area contributed by atoms with E-state index in [4.69, 9.17) is 0 Å². The monoisotopic (exact) mass is 538 g/mol. The highest BCUT2D eigenvalue weighted by atomic mass is 127. The number of halogens is 2. The maximum Gasteiger partial charge on any atom is 0.193 e. The minimum atomic E-state index is -0.0420. The highest BCUT2D eigenvalue weighted by Crippen LogP contribution is 2.16. The van der Waals surface area contributed by atoms with Crippen LogP contribution < -0.4 is 0 Å². The fourth-order valence-corrected chi connectivity index (χ4v) is 3.03. The summed E-state index contributed by atoms with van der Waals surface area (Å²) in [5.74, 6) is -0.0840. The van der Waals surface area contributed by atoms with E-state index in [0.717, 1.165) is 7.14 Å². The molecule has 0 spiro atoms. The molecule has 0 radical (unpaired) electrons. The maximum atomic E-state index is 12.5. The molecule has 3 aromatic rings. The zero-order valence-electron chi connectivity index (χ0n) is 12.5. The van der Waals surface area contributed by atoms with Crippen molar-refractivity contribution < 1.29 is 9.59 Å². The van der Waals surface area contributed by atoms with Crippen LogP contribution in [0.4, 0.5) is 0 Å². The molecule has 0 saturated carbocycles. The summed E-state index contributed by atoms with van der Waals surface area (Å²) >= 11 is 4.41. The highest BCUT2D eigenvalue weighted by Gasteiger charge is 2.12. The number of carbonyl (C=O) groups is 2. The van der Waals surface area contributed by atoms with Crippen molar-refractivity contribution in [1.82, 2.24) is 0 Å². The standard InChI is InChI=1S/C20H12I2O2/c21-17-9-5-15(6-10-17)19(23)13-1-2-14(4-3-13)20(24)16-7-11-18(22)12-8-16/h1-12H. The van der Waals surface area contributed by atoms with Gasteiger partial charge < -0.3 is 0 Å². The predicted molar refractivity (Wildman–Crippen MR) is 112 cm³/mol. The zero-order valence-corrected chi connectivity index (χ0v) is 16.8. The molecule has 3 rings (SSSR count). The second kappa shape index (κ2) is 7.57. The van der Waals surface area contributed by atoms with Crippen LogP contribution in [-0.4, -0.2) is 11.6 Å². The van der Waals surface area contributed by atoms with Crippen LogP contribution in [0.25, 0.3) is 0 Å². The van der Waals surface area contributed by atoms with Gasteiger partial charge in [-0.3, -0.25) is 9.59 Å². The summed E-state index contributed by atoms with van der Waals surface area (Å²) in [6.07, 6.45) is 0. The minimum Gasteiger partial charge on any atom is -0.289 e. The lowest BCUT2D eigenvalue weighted by atomic mass is 9.99. The molecule has 0 heterocycles. The Labute approximate surface area is 167 Å². The minimum absolute atomic E-state index is 0.0420. The van der Waals surface area contributed by atoms with E-state index in [1.54, 1.807) is 24.3 Å². The molecule has 3 aromatic carbocycles. The molecule has 0 fully saturated rings. The Morgan fingerprint density at radius 2 is 0.667 bits per heavy atom. The first-order chi connectivity index (χ1) is 11.5. The molecule has 0 aliphatic rings.